The molecule has 2 amide bonds. The van der Waals surface area contributed by atoms with Crippen molar-refractivity contribution in [2.45, 2.75) is 6.92 Å². The summed E-state index contributed by atoms with van der Waals surface area (Å²) in [4.78, 5) is 25.1. The Morgan fingerprint density at radius 2 is 1.71 bits per heavy atom. The minimum Gasteiger partial charge on any atom is -0.321 e. The van der Waals surface area contributed by atoms with E-state index in [0.29, 0.717) is 21.8 Å². The van der Waals surface area contributed by atoms with Crippen molar-refractivity contribution in [1.82, 2.24) is 25.6 Å². The monoisotopic (exact) mass is 431 g/mol. The van der Waals surface area contributed by atoms with E-state index in [4.69, 9.17) is 0 Å². The predicted octanol–water partition coefficient (Wildman–Crippen LogP) is 3.13. The predicted molar refractivity (Wildman–Crippen MR) is 118 cm³/mol. The Labute approximate surface area is 181 Å². The number of thiophene rings is 1. The Balaban J connectivity index is 1.36. The van der Waals surface area contributed by atoms with Crippen molar-refractivity contribution in [3.05, 3.63) is 88.4 Å². The first-order valence-corrected chi connectivity index (χ1v) is 10.1. The smallest absolute Gasteiger partial charge is 0.271 e. The van der Waals surface area contributed by atoms with Gasteiger partial charge in [-0.2, -0.15) is 5.10 Å². The largest absolute Gasteiger partial charge is 0.321 e. The fourth-order valence-corrected chi connectivity index (χ4v) is 3.32. The van der Waals surface area contributed by atoms with Gasteiger partial charge in [0.25, 0.3) is 11.8 Å². The second-order valence-corrected chi connectivity index (χ2v) is 7.40. The number of amides is 2. The lowest BCUT2D eigenvalue weighted by atomic mass is 10.1. The van der Waals surface area contributed by atoms with Crippen LogP contribution in [0.3, 0.4) is 0 Å². The van der Waals surface area contributed by atoms with Gasteiger partial charge < -0.3 is 5.32 Å². The molecule has 10 heteroatoms. The van der Waals surface area contributed by atoms with E-state index in [2.05, 4.69) is 31.4 Å². The number of anilines is 1. The molecular formula is C21H17N7O2S. The number of benzene rings is 2. The summed E-state index contributed by atoms with van der Waals surface area (Å²) in [5, 5.41) is 19.9. The summed E-state index contributed by atoms with van der Waals surface area (Å²) in [7, 11) is 0. The van der Waals surface area contributed by atoms with Gasteiger partial charge in [0.05, 0.1) is 16.3 Å². The van der Waals surface area contributed by atoms with Crippen LogP contribution in [0.4, 0.5) is 5.69 Å². The van der Waals surface area contributed by atoms with Gasteiger partial charge >= 0.3 is 0 Å². The molecule has 0 radical (unpaired) electrons. The number of carbonyl (C=O) groups excluding carboxylic acids is 2. The molecule has 2 N–H and O–H groups in total. The van der Waals surface area contributed by atoms with E-state index in [1.165, 1.54) is 17.7 Å². The van der Waals surface area contributed by atoms with E-state index in [-0.39, 0.29) is 11.8 Å². The summed E-state index contributed by atoms with van der Waals surface area (Å²) in [6.07, 6.45) is 1.51. The van der Waals surface area contributed by atoms with Gasteiger partial charge in [-0.25, -0.2) is 10.1 Å². The summed E-state index contributed by atoms with van der Waals surface area (Å²) < 4.78 is 1.55. The van der Waals surface area contributed by atoms with Gasteiger partial charge in [-0.15, -0.1) is 16.4 Å². The highest BCUT2D eigenvalue weighted by atomic mass is 32.1. The lowest BCUT2D eigenvalue weighted by molar-refractivity contribution is 0.0954. The van der Waals surface area contributed by atoms with Crippen molar-refractivity contribution in [3.63, 3.8) is 0 Å². The Hall–Kier alpha value is -4.18. The van der Waals surface area contributed by atoms with E-state index in [0.717, 1.165) is 11.3 Å². The van der Waals surface area contributed by atoms with Crippen LogP contribution in [-0.2, 0) is 0 Å². The zero-order valence-electron chi connectivity index (χ0n) is 16.4. The maximum atomic E-state index is 12.4. The molecular weight excluding hydrogens is 414 g/mol. The van der Waals surface area contributed by atoms with Gasteiger partial charge in [0.1, 0.15) is 6.33 Å². The molecule has 0 fully saturated rings. The number of nitrogens with one attached hydrogen (secondary N) is 2. The Morgan fingerprint density at radius 1 is 0.968 bits per heavy atom. The highest BCUT2D eigenvalue weighted by Gasteiger charge is 2.09. The highest BCUT2D eigenvalue weighted by molar-refractivity contribution is 7.12. The molecule has 0 atom stereocenters. The third-order valence-corrected chi connectivity index (χ3v) is 5.24. The first-order valence-electron chi connectivity index (χ1n) is 9.23. The lowest BCUT2D eigenvalue weighted by Crippen LogP contribution is -2.19. The molecule has 0 aliphatic carbocycles. The highest BCUT2D eigenvalue weighted by Crippen LogP contribution is 2.14. The molecule has 4 aromatic rings. The zero-order chi connectivity index (χ0) is 21.6. The topological polar surface area (TPSA) is 114 Å². The van der Waals surface area contributed by atoms with Gasteiger partial charge in [0.2, 0.25) is 0 Å². The normalized spacial score (nSPS) is 11.2. The maximum absolute atomic E-state index is 12.4. The quantitative estimate of drug-likeness (QED) is 0.360. The maximum Gasteiger partial charge on any atom is 0.271 e. The van der Waals surface area contributed by atoms with E-state index in [1.807, 2.05) is 35.7 Å². The van der Waals surface area contributed by atoms with Crippen LogP contribution < -0.4 is 10.7 Å². The minimum atomic E-state index is -0.346. The van der Waals surface area contributed by atoms with Gasteiger partial charge in [0, 0.05) is 11.3 Å². The summed E-state index contributed by atoms with van der Waals surface area (Å²) in [6, 6.07) is 17.6. The Bertz CT molecular complexity index is 1200. The van der Waals surface area contributed by atoms with Crippen LogP contribution in [0, 0.1) is 0 Å². The molecule has 0 saturated carbocycles. The molecule has 0 spiro atoms. The van der Waals surface area contributed by atoms with Gasteiger partial charge in [0.15, 0.2) is 0 Å². The van der Waals surface area contributed by atoms with Crippen molar-refractivity contribution >= 4 is 34.6 Å². The first kappa shape index (κ1) is 20.1. The average Bonchev–Trinajstić information content (AvgIpc) is 3.52. The number of aromatic nitrogens is 4. The molecule has 4 rings (SSSR count). The van der Waals surface area contributed by atoms with Crippen LogP contribution in [0.5, 0.6) is 0 Å². The molecule has 31 heavy (non-hydrogen) atoms. The van der Waals surface area contributed by atoms with Crippen molar-refractivity contribution in [2.75, 3.05) is 5.32 Å². The third-order valence-electron chi connectivity index (χ3n) is 4.37. The Morgan fingerprint density at radius 3 is 2.35 bits per heavy atom. The standard InChI is InChI=1S/C21H17N7O2S/c1-14(15-6-10-18(11-7-15)28-13-22-26-27-28)24-25-20(29)16-4-8-17(9-5-16)23-21(30)19-3-2-12-31-19/h2-13H,1H3,(H,23,30)(H,25,29)/b24-14+. The van der Waals surface area contributed by atoms with Gasteiger partial charge in [-0.05, 0) is 70.8 Å². The van der Waals surface area contributed by atoms with Crippen LogP contribution in [0.1, 0.15) is 32.5 Å². The summed E-state index contributed by atoms with van der Waals surface area (Å²) in [6.45, 7) is 1.80. The van der Waals surface area contributed by atoms with Crippen LogP contribution >= 0.6 is 11.3 Å². The number of tetrazole rings is 1. The number of hydrazone groups is 1. The third kappa shape index (κ3) is 4.87. The minimum absolute atomic E-state index is 0.182. The lowest BCUT2D eigenvalue weighted by Gasteiger charge is -2.06. The summed E-state index contributed by atoms with van der Waals surface area (Å²) >= 11 is 1.36. The van der Waals surface area contributed by atoms with Crippen LogP contribution in [0.2, 0.25) is 0 Å². The number of carbonyl (C=O) groups is 2. The van der Waals surface area contributed by atoms with E-state index in [9.17, 15) is 9.59 Å². The molecule has 2 aromatic carbocycles. The number of hydrogen-bond acceptors (Lipinski definition) is 7. The molecule has 2 heterocycles. The van der Waals surface area contributed by atoms with E-state index in [1.54, 1.807) is 41.9 Å². The Kier molecular flexibility index (Phi) is 5.90. The molecule has 2 aromatic heterocycles. The molecule has 0 aliphatic rings. The summed E-state index contributed by atoms with van der Waals surface area (Å²) in [5.74, 6) is -0.528. The van der Waals surface area contributed by atoms with Crippen molar-refractivity contribution in [2.24, 2.45) is 5.10 Å². The second kappa shape index (κ2) is 9.09. The summed E-state index contributed by atoms with van der Waals surface area (Å²) in [5.41, 5.74) is 5.90. The average molecular weight is 431 g/mol. The molecule has 0 bridgehead atoms. The van der Waals surface area contributed by atoms with Crippen LogP contribution in [-0.4, -0.2) is 37.7 Å². The zero-order valence-corrected chi connectivity index (χ0v) is 17.2. The molecule has 154 valence electrons. The number of rotatable bonds is 6. The second-order valence-electron chi connectivity index (χ2n) is 6.45. The number of nitrogens with zero attached hydrogens (tertiary/aromatic N) is 5. The van der Waals surface area contributed by atoms with Crippen molar-refractivity contribution in [1.29, 1.82) is 0 Å². The molecule has 0 saturated heterocycles. The van der Waals surface area contributed by atoms with Crippen LogP contribution in [0.25, 0.3) is 5.69 Å². The van der Waals surface area contributed by atoms with Crippen LogP contribution in [0.15, 0.2) is 77.5 Å². The van der Waals surface area contributed by atoms with Crippen molar-refractivity contribution < 1.29 is 9.59 Å². The van der Waals surface area contributed by atoms with Gasteiger partial charge in [-0.3, -0.25) is 9.59 Å². The number of hydrogen-bond donors (Lipinski definition) is 2. The van der Waals surface area contributed by atoms with Gasteiger partial charge in [-0.1, -0.05) is 18.2 Å². The van der Waals surface area contributed by atoms with E-state index >= 15 is 0 Å². The fraction of sp³-hybridized carbons (Fsp3) is 0.0476. The SMILES string of the molecule is C/C(=N\NC(=O)c1ccc(NC(=O)c2cccs2)cc1)c1ccc(-n2cnnn2)cc1. The first-order chi connectivity index (χ1) is 15.1. The molecule has 0 unspecified atom stereocenters. The molecule has 9 nitrogen and oxygen atoms in total. The molecule has 0 aliphatic heterocycles. The van der Waals surface area contributed by atoms with E-state index < -0.39 is 0 Å². The fourth-order valence-electron chi connectivity index (χ4n) is 2.70. The van der Waals surface area contributed by atoms with Crippen molar-refractivity contribution in [3.8, 4) is 5.69 Å².